The van der Waals surface area contributed by atoms with E-state index in [2.05, 4.69) is 37.2 Å². The zero-order valence-electron chi connectivity index (χ0n) is 22.1. The zero-order valence-corrected chi connectivity index (χ0v) is 22.1. The van der Waals surface area contributed by atoms with E-state index in [1.807, 2.05) is 55.3 Å². The van der Waals surface area contributed by atoms with Crippen LogP contribution < -0.4 is 5.73 Å². The van der Waals surface area contributed by atoms with Crippen molar-refractivity contribution in [3.63, 3.8) is 0 Å². The van der Waals surface area contributed by atoms with Crippen LogP contribution in [0.4, 0.5) is 14.5 Å². The van der Waals surface area contributed by atoms with Gasteiger partial charge in [-0.15, -0.1) is 0 Å². The molecule has 38 heavy (non-hydrogen) atoms. The van der Waals surface area contributed by atoms with Crippen LogP contribution >= 0.6 is 0 Å². The Kier molecular flexibility index (Phi) is 8.01. The van der Waals surface area contributed by atoms with Gasteiger partial charge in [0.1, 0.15) is 11.6 Å². The molecule has 6 heteroatoms. The van der Waals surface area contributed by atoms with Crippen LogP contribution in [0.1, 0.15) is 43.2 Å². The maximum absolute atomic E-state index is 14.2. The van der Waals surface area contributed by atoms with Gasteiger partial charge in [0.05, 0.1) is 11.4 Å². The molecule has 0 saturated carbocycles. The number of hydrogen-bond donors (Lipinski definition) is 1. The molecule has 4 nitrogen and oxygen atoms in total. The van der Waals surface area contributed by atoms with Gasteiger partial charge in [-0.25, -0.2) is 13.8 Å². The van der Waals surface area contributed by atoms with Crippen LogP contribution in [0.2, 0.25) is 0 Å². The van der Waals surface area contributed by atoms with Gasteiger partial charge in [0.15, 0.2) is 0 Å². The summed E-state index contributed by atoms with van der Waals surface area (Å²) in [6.07, 6.45) is 9.37. The van der Waals surface area contributed by atoms with Crippen molar-refractivity contribution in [2.45, 2.75) is 40.0 Å². The van der Waals surface area contributed by atoms with Gasteiger partial charge in [-0.1, -0.05) is 49.9 Å². The number of halogens is 2. The molecule has 0 aliphatic carbocycles. The van der Waals surface area contributed by atoms with Crippen molar-refractivity contribution in [1.82, 2.24) is 9.88 Å². The second-order valence-electron chi connectivity index (χ2n) is 9.22. The highest BCUT2D eigenvalue weighted by Gasteiger charge is 2.24. The first-order valence-electron chi connectivity index (χ1n) is 12.6. The smallest absolute Gasteiger partial charge is 0.205 e. The number of rotatable bonds is 8. The number of aryl methyl sites for hydroxylation is 1. The van der Waals surface area contributed by atoms with Crippen molar-refractivity contribution in [2.75, 3.05) is 0 Å². The molecule has 0 unspecified atom stereocenters. The number of nitrogens with zero attached hydrogens (tertiary/aromatic N) is 3. The third kappa shape index (κ3) is 5.49. The molecule has 0 radical (unpaired) electrons. The fourth-order valence-corrected chi connectivity index (χ4v) is 4.67. The van der Waals surface area contributed by atoms with E-state index in [0.29, 0.717) is 24.4 Å². The summed E-state index contributed by atoms with van der Waals surface area (Å²) in [5.74, 6) is -0.778. The molecule has 0 bridgehead atoms. The van der Waals surface area contributed by atoms with Crippen molar-refractivity contribution < 1.29 is 8.78 Å². The number of aromatic nitrogens is 1. The van der Waals surface area contributed by atoms with Gasteiger partial charge >= 0.3 is 0 Å². The summed E-state index contributed by atoms with van der Waals surface area (Å²) >= 11 is 0. The molecule has 1 aliphatic rings. The van der Waals surface area contributed by atoms with Crippen molar-refractivity contribution in [3.05, 3.63) is 125 Å². The van der Waals surface area contributed by atoms with Crippen LogP contribution in [0.15, 0.2) is 96.3 Å². The largest absolute Gasteiger partial charge is 0.369 e. The Morgan fingerprint density at radius 2 is 1.79 bits per heavy atom. The van der Waals surface area contributed by atoms with Crippen molar-refractivity contribution >= 4 is 17.3 Å². The Morgan fingerprint density at radius 3 is 2.47 bits per heavy atom. The monoisotopic (exact) mass is 510 g/mol. The van der Waals surface area contributed by atoms with E-state index in [1.165, 1.54) is 12.1 Å². The van der Waals surface area contributed by atoms with Crippen LogP contribution in [0.5, 0.6) is 0 Å². The number of fused-ring (bicyclic) bond motifs is 1. The summed E-state index contributed by atoms with van der Waals surface area (Å²) in [6.45, 7) is 14.4. The summed E-state index contributed by atoms with van der Waals surface area (Å²) in [4.78, 5) is 11.2. The van der Waals surface area contributed by atoms with E-state index in [0.717, 1.165) is 63.1 Å². The normalized spacial score (nSPS) is 13.6. The van der Waals surface area contributed by atoms with Crippen molar-refractivity contribution in [3.8, 4) is 11.1 Å². The fourth-order valence-electron chi connectivity index (χ4n) is 4.67. The van der Waals surface area contributed by atoms with Gasteiger partial charge in [-0.2, -0.15) is 0 Å². The molecule has 2 heterocycles. The third-order valence-electron chi connectivity index (χ3n) is 6.56. The molecule has 1 aliphatic heterocycles. The molecule has 0 amide bonds. The van der Waals surface area contributed by atoms with Crippen LogP contribution in [0, 0.1) is 11.6 Å². The second-order valence-corrected chi connectivity index (χ2v) is 9.22. The maximum atomic E-state index is 14.2. The first-order chi connectivity index (χ1) is 18.2. The Bertz CT molecular complexity index is 1500. The van der Waals surface area contributed by atoms with E-state index < -0.39 is 11.6 Å². The highest BCUT2D eigenvalue weighted by molar-refractivity contribution is 5.98. The summed E-state index contributed by atoms with van der Waals surface area (Å²) in [6, 6.07) is 11.7. The predicted molar refractivity (Wildman–Crippen MR) is 153 cm³/mol. The molecule has 0 saturated heterocycles. The minimum Gasteiger partial charge on any atom is -0.369 e. The highest BCUT2D eigenvalue weighted by atomic mass is 19.1. The van der Waals surface area contributed by atoms with Crippen LogP contribution in [-0.2, 0) is 19.3 Å². The average Bonchev–Trinajstić information content (AvgIpc) is 2.89. The molecule has 2 N–H and O–H groups in total. The van der Waals surface area contributed by atoms with Crippen molar-refractivity contribution in [2.24, 2.45) is 10.7 Å². The van der Waals surface area contributed by atoms with E-state index in [1.54, 1.807) is 0 Å². The minimum atomic E-state index is -0.588. The number of pyridine rings is 1. The van der Waals surface area contributed by atoms with Gasteiger partial charge in [-0.3, -0.25) is 9.88 Å². The van der Waals surface area contributed by atoms with Gasteiger partial charge in [-0.05, 0) is 80.1 Å². The molecule has 0 spiro atoms. The number of hydrogen-bond acceptors (Lipinski definition) is 4. The summed E-state index contributed by atoms with van der Waals surface area (Å²) in [5, 5.41) is 0. The molecule has 0 fully saturated rings. The Labute approximate surface area is 223 Å². The SMILES string of the molecule is C=C(Cc1ccc(F)cc1F)Cc1cc(-c2ccc3c(c2)C(=C)N(C(/C=C\C)=C/C)C(N)=N3)cnc1CC. The lowest BCUT2D eigenvalue weighted by molar-refractivity contribution is 0.574. The van der Waals surface area contributed by atoms with E-state index in [4.69, 9.17) is 10.7 Å². The maximum Gasteiger partial charge on any atom is 0.205 e. The first kappa shape index (κ1) is 26.7. The van der Waals surface area contributed by atoms with Crippen LogP contribution in [-0.4, -0.2) is 15.8 Å². The topological polar surface area (TPSA) is 54.5 Å². The van der Waals surface area contributed by atoms with E-state index >= 15 is 0 Å². The third-order valence-corrected chi connectivity index (χ3v) is 6.56. The lowest BCUT2D eigenvalue weighted by Crippen LogP contribution is -2.36. The van der Waals surface area contributed by atoms with E-state index in [-0.39, 0.29) is 0 Å². The minimum absolute atomic E-state index is 0.326. The van der Waals surface area contributed by atoms with E-state index in [9.17, 15) is 8.78 Å². The number of guanidine groups is 1. The molecule has 4 rings (SSSR count). The number of allylic oxidation sites excluding steroid dienone is 4. The molecule has 3 aromatic rings. The molecule has 0 atom stereocenters. The Morgan fingerprint density at radius 1 is 1.03 bits per heavy atom. The summed E-state index contributed by atoms with van der Waals surface area (Å²) in [7, 11) is 0. The van der Waals surface area contributed by atoms with Gasteiger partial charge in [0, 0.05) is 34.8 Å². The first-order valence-corrected chi connectivity index (χ1v) is 12.6. The lowest BCUT2D eigenvalue weighted by atomic mass is 9.94. The quantitative estimate of drug-likeness (QED) is 0.250. The molecular weight excluding hydrogens is 478 g/mol. The Balaban J connectivity index is 1.65. The van der Waals surface area contributed by atoms with Crippen LogP contribution in [0.3, 0.4) is 0 Å². The summed E-state index contributed by atoms with van der Waals surface area (Å²) < 4.78 is 27.5. The molecule has 194 valence electrons. The number of benzene rings is 2. The Hall–Kier alpha value is -4.32. The molecular formula is C32H32F2N4. The van der Waals surface area contributed by atoms with Crippen molar-refractivity contribution in [1.29, 1.82) is 0 Å². The van der Waals surface area contributed by atoms with Gasteiger partial charge < -0.3 is 5.73 Å². The summed E-state index contributed by atoms with van der Waals surface area (Å²) in [5.41, 5.74) is 14.7. The fraction of sp³-hybridized carbons (Fsp3) is 0.188. The lowest BCUT2D eigenvalue weighted by Gasteiger charge is -2.31. The molecule has 2 aromatic carbocycles. The zero-order chi connectivity index (χ0) is 27.4. The number of aliphatic imine (C=N–C) groups is 1. The van der Waals surface area contributed by atoms with Crippen LogP contribution in [0.25, 0.3) is 16.8 Å². The highest BCUT2D eigenvalue weighted by Crippen LogP contribution is 2.37. The predicted octanol–water partition coefficient (Wildman–Crippen LogP) is 7.64. The van der Waals surface area contributed by atoms with Gasteiger partial charge in [0.25, 0.3) is 0 Å². The standard InChI is InChI=1S/C32H32F2N4/c1-6-9-27(7-2)38-21(5)28-17-22(11-13-31(28)37-32(38)35)25-16-24(30(8-3)36-19-25)15-20(4)14-23-10-12-26(33)18-29(23)34/h6-7,9-13,16-19H,4-5,8,14-15H2,1-3H3,(H2,35,37)/b9-6-,27-7+. The second kappa shape index (κ2) is 11.4. The number of nitrogens with two attached hydrogens (primary N) is 1. The molecule has 1 aromatic heterocycles. The average molecular weight is 511 g/mol. The van der Waals surface area contributed by atoms with Gasteiger partial charge in [0.2, 0.25) is 5.96 Å².